The summed E-state index contributed by atoms with van der Waals surface area (Å²) < 4.78 is 46.9. The van der Waals surface area contributed by atoms with Crippen LogP contribution in [0, 0.1) is 5.92 Å². The predicted molar refractivity (Wildman–Crippen MR) is 109 cm³/mol. The van der Waals surface area contributed by atoms with E-state index >= 15 is 0 Å². The van der Waals surface area contributed by atoms with Gasteiger partial charge in [0.25, 0.3) is 0 Å². The van der Waals surface area contributed by atoms with Gasteiger partial charge in [0.1, 0.15) is 17.2 Å². The third-order valence-electron chi connectivity index (χ3n) is 4.94. The zero-order chi connectivity index (χ0) is 21.8. The highest BCUT2D eigenvalue weighted by atomic mass is 19.4. The number of halogens is 3. The number of aliphatic imine (C=N–C) groups is 1. The van der Waals surface area contributed by atoms with Crippen LogP contribution < -0.4 is 4.74 Å². The monoisotopic (exact) mass is 428 g/mol. The van der Waals surface area contributed by atoms with Gasteiger partial charge in [0.15, 0.2) is 0 Å². The van der Waals surface area contributed by atoms with Crippen LogP contribution in [0.25, 0.3) is 11.3 Å². The summed E-state index contributed by atoms with van der Waals surface area (Å²) in [7, 11) is 0. The fourth-order valence-electron chi connectivity index (χ4n) is 3.48. The summed E-state index contributed by atoms with van der Waals surface area (Å²) in [5.41, 5.74) is 2.36. The van der Waals surface area contributed by atoms with E-state index in [0.29, 0.717) is 35.5 Å². The second-order valence-electron chi connectivity index (χ2n) is 7.11. The molecule has 31 heavy (non-hydrogen) atoms. The number of aliphatic hydroxyl groups is 1. The van der Waals surface area contributed by atoms with E-state index in [4.69, 9.17) is 4.52 Å². The molecule has 1 aliphatic heterocycles. The molecule has 0 bridgehead atoms. The van der Waals surface area contributed by atoms with Crippen molar-refractivity contribution >= 4 is 6.21 Å². The number of ether oxygens (including phenoxy) is 1. The lowest BCUT2D eigenvalue weighted by atomic mass is 9.90. The summed E-state index contributed by atoms with van der Waals surface area (Å²) in [6.07, 6.45) is -0.00381. The van der Waals surface area contributed by atoms with Gasteiger partial charge in [-0.05, 0) is 35.9 Å². The first-order valence-electron chi connectivity index (χ1n) is 9.64. The molecule has 1 N–H and O–H groups in total. The minimum Gasteiger partial charge on any atom is -0.406 e. The summed E-state index contributed by atoms with van der Waals surface area (Å²) >= 11 is 0. The lowest BCUT2D eigenvalue weighted by molar-refractivity contribution is -0.274. The van der Waals surface area contributed by atoms with Gasteiger partial charge >= 0.3 is 6.36 Å². The van der Waals surface area contributed by atoms with Crippen molar-refractivity contribution in [3.63, 3.8) is 0 Å². The Bertz CT molecular complexity index is 1070. The maximum absolute atomic E-state index is 12.5. The number of allylic oxidation sites excluding steroid dienone is 1. The lowest BCUT2D eigenvalue weighted by Gasteiger charge is -2.20. The normalized spacial score (nSPS) is 17.0. The van der Waals surface area contributed by atoms with Gasteiger partial charge in [-0.1, -0.05) is 41.6 Å². The first kappa shape index (κ1) is 20.9. The number of aromatic nitrogens is 1. The van der Waals surface area contributed by atoms with E-state index in [2.05, 4.69) is 14.9 Å². The van der Waals surface area contributed by atoms with Crippen LogP contribution in [0.1, 0.15) is 23.0 Å². The molecule has 0 radical (unpaired) electrons. The molecule has 0 aliphatic carbocycles. The van der Waals surface area contributed by atoms with E-state index in [9.17, 15) is 18.3 Å². The van der Waals surface area contributed by atoms with Crippen LogP contribution in [0.5, 0.6) is 5.75 Å². The Hall–Kier alpha value is -3.39. The molecule has 8 heteroatoms. The van der Waals surface area contributed by atoms with E-state index in [1.165, 1.54) is 24.3 Å². The van der Waals surface area contributed by atoms with Gasteiger partial charge in [0.05, 0.1) is 11.7 Å². The second kappa shape index (κ2) is 8.77. The van der Waals surface area contributed by atoms with Gasteiger partial charge in [-0.15, -0.1) is 13.2 Å². The van der Waals surface area contributed by atoms with Gasteiger partial charge in [-0.2, -0.15) is 0 Å². The summed E-state index contributed by atoms with van der Waals surface area (Å²) in [5, 5.41) is 15.3. The van der Waals surface area contributed by atoms with Crippen LogP contribution in [0.15, 0.2) is 76.3 Å². The van der Waals surface area contributed by atoms with Crippen molar-refractivity contribution in [2.24, 2.45) is 10.9 Å². The van der Waals surface area contributed by atoms with Gasteiger partial charge in [0, 0.05) is 30.7 Å². The number of nitrogens with zero attached hydrogens (tertiary/aromatic N) is 2. The topological polar surface area (TPSA) is 67.8 Å². The maximum atomic E-state index is 12.5. The quantitative estimate of drug-likeness (QED) is 0.592. The Morgan fingerprint density at radius 2 is 1.84 bits per heavy atom. The highest BCUT2D eigenvalue weighted by Gasteiger charge is 2.32. The number of hydrogen-bond donors (Lipinski definition) is 1. The Kier molecular flexibility index (Phi) is 5.90. The predicted octanol–water partition coefficient (Wildman–Crippen LogP) is 5.12. The molecule has 2 atom stereocenters. The fourth-order valence-corrected chi connectivity index (χ4v) is 3.48. The molecular weight excluding hydrogens is 409 g/mol. The highest BCUT2D eigenvalue weighted by Crippen LogP contribution is 2.37. The highest BCUT2D eigenvalue weighted by molar-refractivity contribution is 5.72. The van der Waals surface area contributed by atoms with Crippen LogP contribution in [-0.2, 0) is 6.42 Å². The van der Waals surface area contributed by atoms with Gasteiger partial charge < -0.3 is 14.4 Å². The minimum absolute atomic E-state index is 0.273. The average molecular weight is 428 g/mol. The smallest absolute Gasteiger partial charge is 0.406 e. The molecule has 2 aromatic carbocycles. The van der Waals surface area contributed by atoms with Crippen molar-refractivity contribution in [1.82, 2.24) is 5.16 Å². The lowest BCUT2D eigenvalue weighted by Crippen LogP contribution is -2.17. The van der Waals surface area contributed by atoms with E-state index in [1.807, 2.05) is 36.4 Å². The van der Waals surface area contributed by atoms with Crippen LogP contribution in [0.4, 0.5) is 13.2 Å². The van der Waals surface area contributed by atoms with Crippen LogP contribution in [0.3, 0.4) is 0 Å². The van der Waals surface area contributed by atoms with Gasteiger partial charge in [0.2, 0.25) is 0 Å². The third kappa shape index (κ3) is 5.03. The van der Waals surface area contributed by atoms with Crippen molar-refractivity contribution < 1.29 is 27.5 Å². The summed E-state index contributed by atoms with van der Waals surface area (Å²) in [5.74, 6) is -0.117. The molecule has 5 nitrogen and oxygen atoms in total. The number of benzene rings is 2. The Balaban J connectivity index is 1.70. The molecule has 160 valence electrons. The van der Waals surface area contributed by atoms with E-state index in [1.54, 1.807) is 12.3 Å². The van der Waals surface area contributed by atoms with Gasteiger partial charge in [-0.3, -0.25) is 4.99 Å². The van der Waals surface area contributed by atoms with Crippen molar-refractivity contribution in [1.29, 1.82) is 0 Å². The Labute approximate surface area is 176 Å². The number of rotatable bonds is 6. The summed E-state index contributed by atoms with van der Waals surface area (Å²) in [6.45, 7) is 0.408. The van der Waals surface area contributed by atoms with Crippen LogP contribution in [-0.4, -0.2) is 29.4 Å². The molecule has 0 amide bonds. The van der Waals surface area contributed by atoms with Crippen molar-refractivity contribution in [2.75, 3.05) is 6.54 Å². The molecule has 1 aromatic heterocycles. The number of alkyl halides is 3. The molecule has 0 saturated carbocycles. The first-order chi connectivity index (χ1) is 14.9. The largest absolute Gasteiger partial charge is 0.573 e. The zero-order valence-corrected chi connectivity index (χ0v) is 16.3. The molecule has 2 unspecified atom stereocenters. The SMILES string of the molecule is OC(c1c(-c2ccc(OC(F)(F)F)cc2)noc1Cc1ccccc1)C1C=CC=NC1. The third-order valence-corrected chi connectivity index (χ3v) is 4.94. The number of aliphatic hydroxyl groups excluding tert-OH is 1. The average Bonchev–Trinajstić information content (AvgIpc) is 3.17. The Morgan fingerprint density at radius 3 is 2.48 bits per heavy atom. The molecule has 0 fully saturated rings. The maximum Gasteiger partial charge on any atom is 0.573 e. The first-order valence-corrected chi connectivity index (χ1v) is 9.64. The molecular formula is C23H19F3N2O3. The standard InChI is InChI=1S/C23H19F3N2O3/c24-23(25,26)30-18-10-8-16(9-11-18)21-20(22(29)17-7-4-12-27-14-17)19(31-28-21)13-15-5-2-1-3-6-15/h1-12,17,22,29H,13-14H2. The van der Waals surface area contributed by atoms with Crippen molar-refractivity contribution in [3.8, 4) is 17.0 Å². The molecule has 2 heterocycles. The van der Waals surface area contributed by atoms with E-state index in [0.717, 1.165) is 5.56 Å². The molecule has 1 aliphatic rings. The zero-order valence-electron chi connectivity index (χ0n) is 16.3. The molecule has 3 aromatic rings. The molecule has 0 spiro atoms. The summed E-state index contributed by atoms with van der Waals surface area (Å²) in [4.78, 5) is 4.21. The van der Waals surface area contributed by atoms with E-state index in [-0.39, 0.29) is 11.7 Å². The van der Waals surface area contributed by atoms with Crippen molar-refractivity contribution in [2.45, 2.75) is 18.9 Å². The fraction of sp³-hybridized carbons (Fsp3) is 0.217. The minimum atomic E-state index is -4.77. The van der Waals surface area contributed by atoms with Crippen LogP contribution in [0.2, 0.25) is 0 Å². The van der Waals surface area contributed by atoms with Gasteiger partial charge in [-0.25, -0.2) is 0 Å². The van der Waals surface area contributed by atoms with Crippen LogP contribution >= 0.6 is 0 Å². The number of dihydropyridines is 1. The summed E-state index contributed by atoms with van der Waals surface area (Å²) in [6, 6.07) is 14.9. The Morgan fingerprint density at radius 1 is 1.10 bits per heavy atom. The number of hydrogen-bond acceptors (Lipinski definition) is 5. The second-order valence-corrected chi connectivity index (χ2v) is 7.11. The van der Waals surface area contributed by atoms with E-state index < -0.39 is 12.5 Å². The molecule has 4 rings (SSSR count). The van der Waals surface area contributed by atoms with Crippen molar-refractivity contribution in [3.05, 3.63) is 83.6 Å². The molecule has 0 saturated heterocycles.